The average Bonchev–Trinajstić information content (AvgIpc) is 2.98. The van der Waals surface area contributed by atoms with Gasteiger partial charge in [0.05, 0.1) is 12.4 Å². The first-order chi connectivity index (χ1) is 10.9. The molecule has 1 heterocycles. The standard InChI is InChI=1S/C17H28N2O3S/c1-14(2)19(3)11-17-7-5-4-6-16(17)10-18-23(20,21)13-15-8-9-22-12-15/h4-7,14-15,18H,8-13H2,1-3H3/t15-/m0/s1. The van der Waals surface area contributed by atoms with Gasteiger partial charge in [-0.3, -0.25) is 4.90 Å². The van der Waals surface area contributed by atoms with Gasteiger partial charge < -0.3 is 4.74 Å². The second-order valence-corrected chi connectivity index (χ2v) is 8.46. The van der Waals surface area contributed by atoms with Crippen LogP contribution in [0.25, 0.3) is 0 Å². The van der Waals surface area contributed by atoms with E-state index in [0.29, 0.717) is 25.8 Å². The fourth-order valence-electron chi connectivity index (χ4n) is 2.61. The van der Waals surface area contributed by atoms with Gasteiger partial charge in [-0.15, -0.1) is 0 Å². The van der Waals surface area contributed by atoms with Gasteiger partial charge in [-0.05, 0) is 44.4 Å². The predicted octanol–water partition coefficient (Wildman–Crippen LogP) is 1.98. The van der Waals surface area contributed by atoms with Crippen LogP contribution >= 0.6 is 0 Å². The van der Waals surface area contributed by atoms with Crippen molar-refractivity contribution in [3.05, 3.63) is 35.4 Å². The van der Waals surface area contributed by atoms with Crippen molar-refractivity contribution < 1.29 is 13.2 Å². The Morgan fingerprint density at radius 2 is 2.00 bits per heavy atom. The number of nitrogens with one attached hydrogen (secondary N) is 1. The van der Waals surface area contributed by atoms with Crippen molar-refractivity contribution in [3.8, 4) is 0 Å². The Hall–Kier alpha value is -0.950. The molecule has 0 aromatic heterocycles. The second-order valence-electron chi connectivity index (χ2n) is 6.61. The van der Waals surface area contributed by atoms with Crippen LogP contribution in [0.4, 0.5) is 0 Å². The summed E-state index contributed by atoms with van der Waals surface area (Å²) in [6.45, 7) is 6.68. The molecule has 1 aliphatic heterocycles. The number of rotatable bonds is 8. The minimum atomic E-state index is -3.27. The fourth-order valence-corrected chi connectivity index (χ4v) is 3.98. The van der Waals surface area contributed by atoms with Crippen LogP contribution in [0.5, 0.6) is 0 Å². The highest BCUT2D eigenvalue weighted by atomic mass is 32.2. The number of hydrogen-bond acceptors (Lipinski definition) is 4. The summed E-state index contributed by atoms with van der Waals surface area (Å²) in [6.07, 6.45) is 0.830. The quantitative estimate of drug-likeness (QED) is 0.786. The molecule has 5 nitrogen and oxygen atoms in total. The molecule has 1 fully saturated rings. The van der Waals surface area contributed by atoms with E-state index in [2.05, 4.69) is 36.6 Å². The lowest BCUT2D eigenvalue weighted by atomic mass is 10.1. The lowest BCUT2D eigenvalue weighted by Crippen LogP contribution is -2.31. The van der Waals surface area contributed by atoms with Crippen LogP contribution in [0.2, 0.25) is 0 Å². The summed E-state index contributed by atoms with van der Waals surface area (Å²) >= 11 is 0. The highest BCUT2D eigenvalue weighted by Gasteiger charge is 2.23. The van der Waals surface area contributed by atoms with Crippen LogP contribution in [0, 0.1) is 5.92 Å². The predicted molar refractivity (Wildman–Crippen MR) is 92.6 cm³/mol. The summed E-state index contributed by atoms with van der Waals surface area (Å²) < 4.78 is 32.4. The lowest BCUT2D eigenvalue weighted by molar-refractivity contribution is 0.188. The molecule has 1 saturated heterocycles. The van der Waals surface area contributed by atoms with Crippen LogP contribution in [0.15, 0.2) is 24.3 Å². The third kappa shape index (κ3) is 5.88. The van der Waals surface area contributed by atoms with Crippen molar-refractivity contribution in [2.75, 3.05) is 26.0 Å². The van der Waals surface area contributed by atoms with Gasteiger partial charge in [-0.1, -0.05) is 24.3 Å². The summed E-state index contributed by atoms with van der Waals surface area (Å²) in [5.74, 6) is 0.274. The minimum absolute atomic E-state index is 0.120. The Bertz CT molecular complexity index is 596. The van der Waals surface area contributed by atoms with Gasteiger partial charge in [0, 0.05) is 25.7 Å². The Kier molecular flexibility index (Phi) is 6.59. The van der Waals surface area contributed by atoms with Crippen LogP contribution < -0.4 is 4.72 Å². The van der Waals surface area contributed by atoms with Crippen molar-refractivity contribution in [3.63, 3.8) is 0 Å². The maximum atomic E-state index is 12.2. The first-order valence-electron chi connectivity index (χ1n) is 8.19. The van der Waals surface area contributed by atoms with Crippen molar-refractivity contribution in [1.29, 1.82) is 0 Å². The molecule has 0 amide bonds. The van der Waals surface area contributed by atoms with E-state index in [1.165, 1.54) is 0 Å². The highest BCUT2D eigenvalue weighted by molar-refractivity contribution is 7.89. The zero-order valence-corrected chi connectivity index (χ0v) is 15.1. The second kappa shape index (κ2) is 8.24. The molecule has 1 aromatic carbocycles. The third-order valence-corrected chi connectivity index (χ3v) is 5.88. The molecule has 1 atom stereocenters. The Morgan fingerprint density at radius 3 is 2.61 bits per heavy atom. The number of nitrogens with zero attached hydrogens (tertiary/aromatic N) is 1. The summed E-state index contributed by atoms with van der Waals surface area (Å²) in [5.41, 5.74) is 2.20. The van der Waals surface area contributed by atoms with E-state index in [4.69, 9.17) is 4.74 Å². The van der Waals surface area contributed by atoms with E-state index in [-0.39, 0.29) is 11.7 Å². The van der Waals surface area contributed by atoms with Gasteiger partial charge in [0.1, 0.15) is 0 Å². The first-order valence-corrected chi connectivity index (χ1v) is 9.84. The third-order valence-electron chi connectivity index (χ3n) is 4.38. The van der Waals surface area contributed by atoms with Crippen LogP contribution in [-0.2, 0) is 27.8 Å². The van der Waals surface area contributed by atoms with E-state index in [0.717, 1.165) is 24.1 Å². The van der Waals surface area contributed by atoms with Gasteiger partial charge in [0.25, 0.3) is 0 Å². The van der Waals surface area contributed by atoms with Gasteiger partial charge in [-0.2, -0.15) is 0 Å². The van der Waals surface area contributed by atoms with E-state index in [9.17, 15) is 8.42 Å². The molecular weight excluding hydrogens is 312 g/mol. The summed E-state index contributed by atoms with van der Waals surface area (Å²) in [6, 6.07) is 8.45. The number of benzene rings is 1. The SMILES string of the molecule is CC(C)N(C)Cc1ccccc1CNS(=O)(=O)C[C@H]1CCOC1. The van der Waals surface area contributed by atoms with Crippen molar-refractivity contribution in [1.82, 2.24) is 9.62 Å². The molecule has 1 aliphatic rings. The molecule has 0 radical (unpaired) electrons. The molecule has 1 N–H and O–H groups in total. The van der Waals surface area contributed by atoms with Crippen LogP contribution in [-0.4, -0.2) is 45.4 Å². The number of sulfonamides is 1. The maximum absolute atomic E-state index is 12.2. The van der Waals surface area contributed by atoms with Crippen molar-refractivity contribution >= 4 is 10.0 Å². The number of ether oxygens (including phenoxy) is 1. The summed E-state index contributed by atoms with van der Waals surface area (Å²) in [7, 11) is -1.19. The molecule has 0 spiro atoms. The van der Waals surface area contributed by atoms with E-state index in [1.54, 1.807) is 0 Å². The normalized spacial score (nSPS) is 18.9. The maximum Gasteiger partial charge on any atom is 0.212 e. The van der Waals surface area contributed by atoms with Crippen molar-refractivity contribution in [2.45, 2.75) is 39.4 Å². The van der Waals surface area contributed by atoms with Crippen LogP contribution in [0.3, 0.4) is 0 Å². The van der Waals surface area contributed by atoms with Gasteiger partial charge >= 0.3 is 0 Å². The Balaban J connectivity index is 1.96. The molecule has 0 bridgehead atoms. The monoisotopic (exact) mass is 340 g/mol. The largest absolute Gasteiger partial charge is 0.381 e. The smallest absolute Gasteiger partial charge is 0.212 e. The number of hydrogen-bond donors (Lipinski definition) is 1. The molecule has 1 aromatic rings. The van der Waals surface area contributed by atoms with Gasteiger partial charge in [-0.25, -0.2) is 13.1 Å². The molecule has 0 unspecified atom stereocenters. The van der Waals surface area contributed by atoms with Crippen LogP contribution in [0.1, 0.15) is 31.4 Å². The zero-order chi connectivity index (χ0) is 16.9. The zero-order valence-electron chi connectivity index (χ0n) is 14.3. The molecule has 0 saturated carbocycles. The van der Waals surface area contributed by atoms with Gasteiger partial charge in [0.15, 0.2) is 0 Å². The summed E-state index contributed by atoms with van der Waals surface area (Å²) in [5, 5.41) is 0. The lowest BCUT2D eigenvalue weighted by Gasteiger charge is -2.22. The first kappa shape index (κ1) is 18.4. The molecule has 130 valence electrons. The van der Waals surface area contributed by atoms with E-state index in [1.807, 2.05) is 18.2 Å². The van der Waals surface area contributed by atoms with Gasteiger partial charge in [0.2, 0.25) is 10.0 Å². The topological polar surface area (TPSA) is 58.6 Å². The molecular formula is C17H28N2O3S. The average molecular weight is 340 g/mol. The minimum Gasteiger partial charge on any atom is -0.381 e. The van der Waals surface area contributed by atoms with Crippen molar-refractivity contribution in [2.24, 2.45) is 5.92 Å². The van der Waals surface area contributed by atoms with E-state index >= 15 is 0 Å². The molecule has 0 aliphatic carbocycles. The Labute approximate surface area is 140 Å². The fraction of sp³-hybridized carbons (Fsp3) is 0.647. The highest BCUT2D eigenvalue weighted by Crippen LogP contribution is 2.16. The molecule has 23 heavy (non-hydrogen) atoms. The molecule has 2 rings (SSSR count). The molecule has 6 heteroatoms. The van der Waals surface area contributed by atoms with E-state index < -0.39 is 10.0 Å². The Morgan fingerprint density at radius 1 is 1.30 bits per heavy atom. The summed E-state index contributed by atoms with van der Waals surface area (Å²) in [4.78, 5) is 2.24.